The Morgan fingerprint density at radius 2 is 2.33 bits per heavy atom. The number of halogens is 3. The molecule has 0 spiro atoms. The van der Waals surface area contributed by atoms with Gasteiger partial charge in [-0.1, -0.05) is 11.6 Å². The zero-order valence-corrected chi connectivity index (χ0v) is 12.4. The van der Waals surface area contributed by atoms with E-state index < -0.39 is 5.82 Å². The van der Waals surface area contributed by atoms with Gasteiger partial charge in [-0.05, 0) is 40.5 Å². The van der Waals surface area contributed by atoms with Crippen LogP contribution < -0.4 is 5.43 Å². The van der Waals surface area contributed by atoms with E-state index in [0.29, 0.717) is 15.2 Å². The van der Waals surface area contributed by atoms with Crippen LogP contribution in [0.5, 0.6) is 0 Å². The minimum atomic E-state index is -0.488. The normalized spacial score (nSPS) is 11.1. The number of anilines is 1. The van der Waals surface area contributed by atoms with E-state index in [1.807, 2.05) is 12.3 Å². The predicted octanol–water partition coefficient (Wildman–Crippen LogP) is 4.45. The van der Waals surface area contributed by atoms with Gasteiger partial charge in [-0.25, -0.2) is 9.37 Å². The van der Waals surface area contributed by atoms with Gasteiger partial charge in [0.2, 0.25) is 5.13 Å². The first-order valence-electron chi connectivity index (χ1n) is 4.92. The van der Waals surface area contributed by atoms with E-state index in [4.69, 9.17) is 11.6 Å². The molecule has 2 aromatic rings. The lowest BCUT2D eigenvalue weighted by Gasteiger charge is -2.00. The first-order chi connectivity index (χ1) is 8.56. The van der Waals surface area contributed by atoms with Crippen molar-refractivity contribution in [3.8, 4) is 0 Å². The van der Waals surface area contributed by atoms with Crippen LogP contribution in [0.3, 0.4) is 0 Å². The Kier molecular flexibility index (Phi) is 4.31. The predicted molar refractivity (Wildman–Crippen MR) is 77.2 cm³/mol. The Bertz CT molecular complexity index is 577. The van der Waals surface area contributed by atoms with Crippen molar-refractivity contribution in [2.75, 3.05) is 5.43 Å². The van der Waals surface area contributed by atoms with Crippen LogP contribution in [0.4, 0.5) is 9.52 Å². The second kappa shape index (κ2) is 5.77. The molecular formula is C11H8BrClFN3S. The van der Waals surface area contributed by atoms with Crippen LogP contribution in [0.1, 0.15) is 11.3 Å². The van der Waals surface area contributed by atoms with Crippen molar-refractivity contribution in [1.29, 1.82) is 0 Å². The molecule has 0 atom stereocenters. The lowest BCUT2D eigenvalue weighted by atomic mass is 10.2. The summed E-state index contributed by atoms with van der Waals surface area (Å²) in [6.45, 7) is 1.90. The molecule has 0 aliphatic heterocycles. The summed E-state index contributed by atoms with van der Waals surface area (Å²) in [5, 5.41) is 6.65. The van der Waals surface area contributed by atoms with Crippen LogP contribution in [0.25, 0.3) is 0 Å². The number of nitrogens with zero attached hydrogens (tertiary/aromatic N) is 2. The number of aryl methyl sites for hydroxylation is 1. The molecule has 1 aromatic heterocycles. The smallest absolute Gasteiger partial charge is 0.203 e. The lowest BCUT2D eigenvalue weighted by Crippen LogP contribution is -1.91. The highest BCUT2D eigenvalue weighted by molar-refractivity contribution is 9.10. The third-order valence-corrected chi connectivity index (χ3v) is 4.10. The number of thiazole rings is 1. The monoisotopic (exact) mass is 347 g/mol. The van der Waals surface area contributed by atoms with Crippen molar-refractivity contribution in [3.05, 3.63) is 44.1 Å². The van der Waals surface area contributed by atoms with Gasteiger partial charge in [0.05, 0.1) is 16.9 Å². The van der Waals surface area contributed by atoms with Gasteiger partial charge in [0.1, 0.15) is 5.82 Å². The fraction of sp³-hybridized carbons (Fsp3) is 0.0909. The number of aromatic nitrogens is 1. The molecule has 7 heteroatoms. The highest BCUT2D eigenvalue weighted by Crippen LogP contribution is 2.26. The number of nitrogens with one attached hydrogen (secondary N) is 1. The molecule has 1 heterocycles. The number of hydrogen-bond acceptors (Lipinski definition) is 4. The zero-order chi connectivity index (χ0) is 13.1. The number of rotatable bonds is 3. The van der Waals surface area contributed by atoms with Crippen LogP contribution in [0, 0.1) is 12.7 Å². The first kappa shape index (κ1) is 13.5. The fourth-order valence-electron chi connectivity index (χ4n) is 1.22. The molecule has 0 aliphatic rings. The van der Waals surface area contributed by atoms with Gasteiger partial charge >= 0.3 is 0 Å². The van der Waals surface area contributed by atoms with Gasteiger partial charge in [0.25, 0.3) is 0 Å². The molecule has 3 nitrogen and oxygen atoms in total. The Morgan fingerprint density at radius 3 is 2.94 bits per heavy atom. The SMILES string of the molecule is Cc1csc(NN=Cc2cc(F)c(Cl)c(Br)c2)n1. The minimum Gasteiger partial charge on any atom is -0.253 e. The van der Waals surface area contributed by atoms with E-state index in [1.54, 1.807) is 6.07 Å². The van der Waals surface area contributed by atoms with E-state index in [-0.39, 0.29) is 5.02 Å². The molecule has 94 valence electrons. The van der Waals surface area contributed by atoms with Crippen molar-refractivity contribution in [2.24, 2.45) is 5.10 Å². The van der Waals surface area contributed by atoms with E-state index in [1.165, 1.54) is 23.6 Å². The molecule has 1 N–H and O–H groups in total. The third kappa shape index (κ3) is 3.28. The van der Waals surface area contributed by atoms with Crippen molar-refractivity contribution in [1.82, 2.24) is 4.98 Å². The summed E-state index contributed by atoms with van der Waals surface area (Å²) in [5.41, 5.74) is 4.30. The number of hydrazone groups is 1. The number of benzene rings is 1. The van der Waals surface area contributed by atoms with Crippen LogP contribution in [-0.4, -0.2) is 11.2 Å². The Morgan fingerprint density at radius 1 is 1.56 bits per heavy atom. The largest absolute Gasteiger partial charge is 0.253 e. The summed E-state index contributed by atoms with van der Waals surface area (Å²) in [7, 11) is 0. The molecule has 2 rings (SSSR count). The summed E-state index contributed by atoms with van der Waals surface area (Å²) in [5.74, 6) is -0.488. The molecule has 0 fully saturated rings. The Hall–Kier alpha value is -0.980. The average Bonchev–Trinajstić information content (AvgIpc) is 2.72. The van der Waals surface area contributed by atoms with Gasteiger partial charge in [0.15, 0.2) is 0 Å². The quantitative estimate of drug-likeness (QED) is 0.505. The molecule has 0 bridgehead atoms. The minimum absolute atomic E-state index is 0.0654. The van der Waals surface area contributed by atoms with Crippen molar-refractivity contribution in [2.45, 2.75) is 6.92 Å². The molecule has 1 aromatic carbocycles. The molecule has 0 aliphatic carbocycles. The second-order valence-electron chi connectivity index (χ2n) is 3.46. The molecule has 0 saturated carbocycles. The van der Waals surface area contributed by atoms with Crippen molar-refractivity contribution >= 4 is 50.2 Å². The maximum atomic E-state index is 13.3. The zero-order valence-electron chi connectivity index (χ0n) is 9.25. The van der Waals surface area contributed by atoms with E-state index in [2.05, 4.69) is 31.4 Å². The molecule has 18 heavy (non-hydrogen) atoms. The van der Waals surface area contributed by atoms with Gasteiger partial charge in [-0.2, -0.15) is 5.10 Å². The molecule has 0 radical (unpaired) electrons. The summed E-state index contributed by atoms with van der Waals surface area (Å²) >= 11 is 10.3. The highest BCUT2D eigenvalue weighted by Gasteiger charge is 2.05. The van der Waals surface area contributed by atoms with Crippen molar-refractivity contribution < 1.29 is 4.39 Å². The number of hydrogen-bond donors (Lipinski definition) is 1. The topological polar surface area (TPSA) is 37.3 Å². The van der Waals surface area contributed by atoms with Crippen LogP contribution in [0.2, 0.25) is 5.02 Å². The third-order valence-electron chi connectivity index (χ3n) is 2.00. The van der Waals surface area contributed by atoms with Gasteiger partial charge in [-0.3, -0.25) is 5.43 Å². The standard InChI is InChI=1S/C11H8BrClFN3S/c1-6-5-18-11(16-6)17-15-4-7-2-8(12)10(13)9(14)3-7/h2-5H,1H3,(H,16,17). The fourth-order valence-corrected chi connectivity index (χ4v) is 2.42. The average molecular weight is 349 g/mol. The van der Waals surface area contributed by atoms with E-state index >= 15 is 0 Å². The summed E-state index contributed by atoms with van der Waals surface area (Å²) < 4.78 is 13.8. The molecule has 0 unspecified atom stereocenters. The summed E-state index contributed by atoms with van der Waals surface area (Å²) in [6, 6.07) is 3.00. The molecule has 0 amide bonds. The summed E-state index contributed by atoms with van der Waals surface area (Å²) in [4.78, 5) is 4.18. The van der Waals surface area contributed by atoms with Crippen LogP contribution in [-0.2, 0) is 0 Å². The van der Waals surface area contributed by atoms with Crippen molar-refractivity contribution in [3.63, 3.8) is 0 Å². The van der Waals surface area contributed by atoms with E-state index in [9.17, 15) is 4.39 Å². The Balaban J connectivity index is 2.09. The summed E-state index contributed by atoms with van der Waals surface area (Å²) in [6.07, 6.45) is 1.50. The second-order valence-corrected chi connectivity index (χ2v) is 5.55. The van der Waals surface area contributed by atoms with Gasteiger partial charge < -0.3 is 0 Å². The lowest BCUT2D eigenvalue weighted by molar-refractivity contribution is 0.627. The van der Waals surface area contributed by atoms with Gasteiger partial charge in [0, 0.05) is 9.85 Å². The Labute approximate surface area is 121 Å². The van der Waals surface area contributed by atoms with E-state index in [0.717, 1.165) is 5.69 Å². The molecular weight excluding hydrogens is 341 g/mol. The molecule has 0 saturated heterocycles. The van der Waals surface area contributed by atoms with Gasteiger partial charge in [-0.15, -0.1) is 11.3 Å². The maximum Gasteiger partial charge on any atom is 0.203 e. The first-order valence-corrected chi connectivity index (χ1v) is 6.97. The van der Waals surface area contributed by atoms with Crippen LogP contribution >= 0.6 is 38.9 Å². The van der Waals surface area contributed by atoms with Crippen LogP contribution in [0.15, 0.2) is 27.1 Å². The highest BCUT2D eigenvalue weighted by atomic mass is 79.9. The maximum absolute atomic E-state index is 13.3.